The summed E-state index contributed by atoms with van der Waals surface area (Å²) in [6, 6.07) is 4.59. The molecule has 0 atom stereocenters. The molecule has 0 fully saturated rings. The number of nitrogens with two attached hydrogens (primary N) is 1. The highest BCUT2D eigenvalue weighted by atomic mass is 19.1. The number of rotatable bonds is 3. The normalized spacial score (nSPS) is 10.9. The summed E-state index contributed by atoms with van der Waals surface area (Å²) in [7, 11) is 1.49. The molecule has 0 spiro atoms. The van der Waals surface area contributed by atoms with Crippen LogP contribution in [0.4, 0.5) is 10.3 Å². The fourth-order valence-electron chi connectivity index (χ4n) is 1.88. The predicted molar refractivity (Wildman–Crippen MR) is 67.0 cm³/mol. The highest BCUT2D eigenvalue weighted by Crippen LogP contribution is 2.35. The number of halogens is 1. The van der Waals surface area contributed by atoms with E-state index in [4.69, 9.17) is 15.0 Å². The molecule has 0 bridgehead atoms. The van der Waals surface area contributed by atoms with Crippen molar-refractivity contribution in [2.24, 2.45) is 0 Å². The van der Waals surface area contributed by atoms with Crippen LogP contribution >= 0.6 is 0 Å². The summed E-state index contributed by atoms with van der Waals surface area (Å²) in [6.45, 7) is 3.90. The molecule has 0 radical (unpaired) electrons. The third-order valence-corrected chi connectivity index (χ3v) is 2.76. The van der Waals surface area contributed by atoms with Crippen molar-refractivity contribution in [3.63, 3.8) is 0 Å². The minimum Gasteiger partial charge on any atom is -0.497 e. The van der Waals surface area contributed by atoms with E-state index >= 15 is 0 Å². The molecule has 0 aliphatic rings. The first-order valence-corrected chi connectivity index (χ1v) is 5.63. The SMILES string of the molecule is COc1ccc(-c2noc(N)c2C(C)C)c(F)c1. The Morgan fingerprint density at radius 3 is 2.67 bits per heavy atom. The van der Waals surface area contributed by atoms with Crippen molar-refractivity contribution in [1.29, 1.82) is 0 Å². The maximum absolute atomic E-state index is 14.0. The highest BCUT2D eigenvalue weighted by molar-refractivity contribution is 5.69. The van der Waals surface area contributed by atoms with Crippen molar-refractivity contribution in [3.05, 3.63) is 29.6 Å². The second kappa shape index (κ2) is 4.68. The molecule has 18 heavy (non-hydrogen) atoms. The van der Waals surface area contributed by atoms with Gasteiger partial charge in [-0.15, -0.1) is 0 Å². The van der Waals surface area contributed by atoms with E-state index in [0.29, 0.717) is 17.0 Å². The van der Waals surface area contributed by atoms with Gasteiger partial charge in [0, 0.05) is 17.2 Å². The van der Waals surface area contributed by atoms with Crippen LogP contribution < -0.4 is 10.5 Å². The number of methoxy groups -OCH3 is 1. The van der Waals surface area contributed by atoms with E-state index in [2.05, 4.69) is 5.16 Å². The summed E-state index contributed by atoms with van der Waals surface area (Å²) >= 11 is 0. The lowest BCUT2D eigenvalue weighted by Gasteiger charge is -2.07. The molecule has 2 aromatic rings. The first-order chi connectivity index (χ1) is 8.54. The maximum Gasteiger partial charge on any atom is 0.226 e. The summed E-state index contributed by atoms with van der Waals surface area (Å²) in [5.74, 6) is 0.381. The minimum absolute atomic E-state index is 0.104. The number of ether oxygens (including phenoxy) is 1. The Labute approximate surface area is 105 Å². The van der Waals surface area contributed by atoms with Gasteiger partial charge in [0.05, 0.1) is 7.11 Å². The lowest BCUT2D eigenvalue weighted by molar-refractivity contribution is 0.411. The summed E-state index contributed by atoms with van der Waals surface area (Å²) in [5, 5.41) is 3.84. The number of hydrogen-bond acceptors (Lipinski definition) is 4. The monoisotopic (exact) mass is 250 g/mol. The Balaban J connectivity index is 2.55. The topological polar surface area (TPSA) is 61.3 Å². The van der Waals surface area contributed by atoms with E-state index in [1.54, 1.807) is 12.1 Å². The molecule has 5 heteroatoms. The molecule has 96 valence electrons. The van der Waals surface area contributed by atoms with Crippen molar-refractivity contribution in [3.8, 4) is 17.0 Å². The van der Waals surface area contributed by atoms with Gasteiger partial charge in [-0.2, -0.15) is 0 Å². The van der Waals surface area contributed by atoms with Gasteiger partial charge in [0.2, 0.25) is 5.88 Å². The number of hydrogen-bond donors (Lipinski definition) is 1. The van der Waals surface area contributed by atoms with Gasteiger partial charge in [0.15, 0.2) is 0 Å². The van der Waals surface area contributed by atoms with E-state index in [-0.39, 0.29) is 11.8 Å². The molecule has 1 aromatic heterocycles. The molecule has 1 aromatic carbocycles. The van der Waals surface area contributed by atoms with Crippen LogP contribution in [0.25, 0.3) is 11.3 Å². The molecule has 4 nitrogen and oxygen atoms in total. The first kappa shape index (κ1) is 12.4. The largest absolute Gasteiger partial charge is 0.497 e. The Bertz CT molecular complexity index is 564. The third kappa shape index (κ3) is 2.03. The van der Waals surface area contributed by atoms with E-state index < -0.39 is 5.82 Å². The molecule has 0 saturated heterocycles. The second-order valence-corrected chi connectivity index (χ2v) is 4.31. The molecule has 0 unspecified atom stereocenters. The zero-order chi connectivity index (χ0) is 13.3. The van der Waals surface area contributed by atoms with E-state index in [1.807, 2.05) is 13.8 Å². The second-order valence-electron chi connectivity index (χ2n) is 4.31. The number of anilines is 1. The standard InChI is InChI=1S/C13H15FN2O2/c1-7(2)11-12(16-18-13(11)15)9-5-4-8(17-3)6-10(9)14/h4-7H,15H2,1-3H3. The van der Waals surface area contributed by atoms with Gasteiger partial charge in [-0.05, 0) is 18.1 Å². The van der Waals surface area contributed by atoms with Gasteiger partial charge in [0.1, 0.15) is 17.3 Å². The average Bonchev–Trinajstić information content (AvgIpc) is 2.70. The zero-order valence-corrected chi connectivity index (χ0v) is 10.5. The fraction of sp³-hybridized carbons (Fsp3) is 0.308. The van der Waals surface area contributed by atoms with Gasteiger partial charge in [0.25, 0.3) is 0 Å². The van der Waals surface area contributed by atoms with Gasteiger partial charge < -0.3 is 15.0 Å². The van der Waals surface area contributed by atoms with Crippen molar-refractivity contribution in [1.82, 2.24) is 5.16 Å². The van der Waals surface area contributed by atoms with Gasteiger partial charge >= 0.3 is 0 Å². The lowest BCUT2D eigenvalue weighted by atomic mass is 9.98. The number of aromatic nitrogens is 1. The summed E-state index contributed by atoms with van der Waals surface area (Å²) in [5.41, 5.74) is 7.24. The molecular weight excluding hydrogens is 235 g/mol. The number of nitrogen functional groups attached to an aromatic ring is 1. The van der Waals surface area contributed by atoms with E-state index in [1.165, 1.54) is 13.2 Å². The van der Waals surface area contributed by atoms with Crippen LogP contribution in [0.1, 0.15) is 25.3 Å². The molecule has 2 rings (SSSR count). The van der Waals surface area contributed by atoms with Crippen molar-refractivity contribution in [2.75, 3.05) is 12.8 Å². The number of nitrogens with zero attached hydrogens (tertiary/aromatic N) is 1. The zero-order valence-electron chi connectivity index (χ0n) is 10.5. The lowest BCUT2D eigenvalue weighted by Crippen LogP contribution is -1.96. The fourth-order valence-corrected chi connectivity index (χ4v) is 1.88. The Morgan fingerprint density at radius 1 is 1.39 bits per heavy atom. The summed E-state index contributed by atoms with van der Waals surface area (Å²) in [4.78, 5) is 0. The Hall–Kier alpha value is -2.04. The van der Waals surface area contributed by atoms with Crippen LogP contribution in [-0.4, -0.2) is 12.3 Å². The smallest absolute Gasteiger partial charge is 0.226 e. The van der Waals surface area contributed by atoms with E-state index in [0.717, 1.165) is 5.56 Å². The van der Waals surface area contributed by atoms with Gasteiger partial charge in [-0.3, -0.25) is 0 Å². The Kier molecular flexibility index (Phi) is 3.23. The highest BCUT2D eigenvalue weighted by Gasteiger charge is 2.20. The van der Waals surface area contributed by atoms with E-state index in [9.17, 15) is 4.39 Å². The van der Waals surface area contributed by atoms with Gasteiger partial charge in [-0.25, -0.2) is 4.39 Å². The Morgan fingerprint density at radius 2 is 2.11 bits per heavy atom. The molecule has 0 saturated carbocycles. The van der Waals surface area contributed by atoms with Crippen molar-refractivity contribution < 1.29 is 13.7 Å². The van der Waals surface area contributed by atoms with Gasteiger partial charge in [-0.1, -0.05) is 19.0 Å². The summed E-state index contributed by atoms with van der Waals surface area (Å²) in [6.07, 6.45) is 0. The molecular formula is C13H15FN2O2. The maximum atomic E-state index is 14.0. The van der Waals surface area contributed by atoms with Crippen molar-refractivity contribution in [2.45, 2.75) is 19.8 Å². The molecule has 1 heterocycles. The molecule has 0 aliphatic carbocycles. The molecule has 0 amide bonds. The van der Waals surface area contributed by atoms with Crippen LogP contribution in [0.5, 0.6) is 5.75 Å². The molecule has 2 N–H and O–H groups in total. The van der Waals surface area contributed by atoms with Crippen LogP contribution in [0.2, 0.25) is 0 Å². The van der Waals surface area contributed by atoms with Crippen LogP contribution in [0.15, 0.2) is 22.7 Å². The first-order valence-electron chi connectivity index (χ1n) is 5.63. The third-order valence-electron chi connectivity index (χ3n) is 2.76. The van der Waals surface area contributed by atoms with Crippen molar-refractivity contribution >= 4 is 5.88 Å². The van der Waals surface area contributed by atoms with Crippen LogP contribution in [0.3, 0.4) is 0 Å². The molecule has 0 aliphatic heterocycles. The minimum atomic E-state index is -0.412. The van der Waals surface area contributed by atoms with Crippen LogP contribution in [0, 0.1) is 5.82 Å². The summed E-state index contributed by atoms with van der Waals surface area (Å²) < 4.78 is 23.9. The predicted octanol–water partition coefficient (Wildman–Crippen LogP) is 3.19. The van der Waals surface area contributed by atoms with Crippen LogP contribution in [-0.2, 0) is 0 Å². The average molecular weight is 250 g/mol. The quantitative estimate of drug-likeness (QED) is 0.908. The number of benzene rings is 1.